The Morgan fingerprint density at radius 3 is 2.30 bits per heavy atom. The number of anilines is 1. The van der Waals surface area contributed by atoms with Gasteiger partial charge in [0.2, 0.25) is 17.7 Å². The van der Waals surface area contributed by atoms with Crippen LogP contribution in [0.1, 0.15) is 40.0 Å². The van der Waals surface area contributed by atoms with Crippen molar-refractivity contribution >= 4 is 23.4 Å². The SMILES string of the molecule is CC12CCC(C(=O)N3CC=CCC3)(C(=O)N(c3ccccc3)C1=O)C2(C)C. The van der Waals surface area contributed by atoms with Gasteiger partial charge in [-0.25, -0.2) is 4.90 Å². The van der Waals surface area contributed by atoms with E-state index in [0.717, 1.165) is 6.42 Å². The molecule has 2 atom stereocenters. The van der Waals surface area contributed by atoms with Crippen LogP contribution in [0.4, 0.5) is 5.69 Å². The van der Waals surface area contributed by atoms with Crippen LogP contribution in [0.2, 0.25) is 0 Å². The summed E-state index contributed by atoms with van der Waals surface area (Å²) in [5.74, 6) is -0.680. The smallest absolute Gasteiger partial charge is 0.250 e. The highest BCUT2D eigenvalue weighted by atomic mass is 16.2. The van der Waals surface area contributed by atoms with Crippen LogP contribution in [0.3, 0.4) is 0 Å². The number of nitrogens with zero attached hydrogens (tertiary/aromatic N) is 2. The first-order chi connectivity index (χ1) is 12.8. The van der Waals surface area contributed by atoms with Gasteiger partial charge in [-0.05, 0) is 31.4 Å². The summed E-state index contributed by atoms with van der Waals surface area (Å²) in [6.07, 6.45) is 5.81. The normalized spacial score (nSPS) is 32.1. The number of imide groups is 1. The number of hydrogen-bond donors (Lipinski definition) is 0. The molecule has 2 fully saturated rings. The summed E-state index contributed by atoms with van der Waals surface area (Å²) < 4.78 is 0. The third-order valence-electron chi connectivity index (χ3n) is 7.41. The van der Waals surface area contributed by atoms with E-state index in [1.165, 1.54) is 4.90 Å². The molecule has 142 valence electrons. The number of rotatable bonds is 2. The minimum Gasteiger partial charge on any atom is -0.338 e. The Balaban J connectivity index is 1.86. The van der Waals surface area contributed by atoms with Gasteiger partial charge < -0.3 is 4.90 Å². The molecule has 0 radical (unpaired) electrons. The third-order valence-corrected chi connectivity index (χ3v) is 7.41. The molecular formula is C22H26N2O3. The van der Waals surface area contributed by atoms with Crippen LogP contribution in [-0.2, 0) is 14.4 Å². The minimum atomic E-state index is -1.20. The predicted molar refractivity (Wildman–Crippen MR) is 103 cm³/mol. The maximum Gasteiger partial charge on any atom is 0.250 e. The van der Waals surface area contributed by atoms with E-state index in [4.69, 9.17) is 0 Å². The van der Waals surface area contributed by atoms with Crippen molar-refractivity contribution in [1.82, 2.24) is 4.90 Å². The average molecular weight is 366 g/mol. The Morgan fingerprint density at radius 2 is 1.67 bits per heavy atom. The number of piperidine rings is 1. The fourth-order valence-corrected chi connectivity index (χ4v) is 5.18. The second-order valence-electron chi connectivity index (χ2n) is 8.65. The Morgan fingerprint density at radius 1 is 0.963 bits per heavy atom. The molecule has 2 bridgehead atoms. The standard InChI is InChI=1S/C22H26N2O3/c1-20(2)21(3)12-13-22(20,18(26)23-14-8-5-9-15-23)19(27)24(17(21)25)16-10-6-4-7-11-16/h4-8,10-11H,9,12-15H2,1-3H3. The quantitative estimate of drug-likeness (QED) is 0.459. The van der Waals surface area contributed by atoms with E-state index in [9.17, 15) is 14.4 Å². The number of benzene rings is 1. The molecule has 27 heavy (non-hydrogen) atoms. The van der Waals surface area contributed by atoms with Gasteiger partial charge in [-0.15, -0.1) is 0 Å². The lowest BCUT2D eigenvalue weighted by Crippen LogP contribution is -2.68. The van der Waals surface area contributed by atoms with Gasteiger partial charge in [-0.1, -0.05) is 51.1 Å². The van der Waals surface area contributed by atoms with Crippen molar-refractivity contribution in [2.24, 2.45) is 16.2 Å². The summed E-state index contributed by atoms with van der Waals surface area (Å²) in [6, 6.07) is 8.99. The number of carbonyl (C=O) groups is 3. The zero-order chi connectivity index (χ0) is 19.4. The van der Waals surface area contributed by atoms with Gasteiger partial charge in [0.15, 0.2) is 0 Å². The molecule has 0 spiro atoms. The first kappa shape index (κ1) is 18.0. The molecular weight excluding hydrogens is 340 g/mol. The Bertz CT molecular complexity index is 844. The third kappa shape index (κ3) is 2.08. The second kappa shape index (κ2) is 5.78. The van der Waals surface area contributed by atoms with Crippen LogP contribution in [0.15, 0.2) is 42.5 Å². The van der Waals surface area contributed by atoms with E-state index in [1.807, 2.05) is 45.0 Å². The average Bonchev–Trinajstić information content (AvgIpc) is 2.84. The summed E-state index contributed by atoms with van der Waals surface area (Å²) >= 11 is 0. The maximum atomic E-state index is 13.8. The fraction of sp³-hybridized carbons (Fsp3) is 0.500. The fourth-order valence-electron chi connectivity index (χ4n) is 5.18. The summed E-state index contributed by atoms with van der Waals surface area (Å²) in [5, 5.41) is 0. The lowest BCUT2D eigenvalue weighted by Gasteiger charge is -2.53. The highest BCUT2D eigenvalue weighted by molar-refractivity contribution is 6.27. The van der Waals surface area contributed by atoms with Crippen molar-refractivity contribution in [1.29, 1.82) is 0 Å². The topological polar surface area (TPSA) is 57.7 Å². The largest absolute Gasteiger partial charge is 0.338 e. The van der Waals surface area contributed by atoms with E-state index >= 15 is 0 Å². The summed E-state index contributed by atoms with van der Waals surface area (Å²) in [7, 11) is 0. The Hall–Kier alpha value is -2.43. The van der Waals surface area contributed by atoms with Crippen LogP contribution in [-0.4, -0.2) is 35.7 Å². The lowest BCUT2D eigenvalue weighted by molar-refractivity contribution is -0.167. The van der Waals surface area contributed by atoms with Gasteiger partial charge in [0, 0.05) is 18.5 Å². The molecule has 2 unspecified atom stereocenters. The van der Waals surface area contributed by atoms with Crippen molar-refractivity contribution in [3.63, 3.8) is 0 Å². The van der Waals surface area contributed by atoms with E-state index in [-0.39, 0.29) is 17.7 Å². The highest BCUT2D eigenvalue weighted by Gasteiger charge is 2.76. The lowest BCUT2D eigenvalue weighted by atomic mass is 9.54. The van der Waals surface area contributed by atoms with E-state index in [2.05, 4.69) is 6.08 Å². The summed E-state index contributed by atoms with van der Waals surface area (Å²) in [5.41, 5.74) is -2.14. The number of para-hydroxylation sites is 1. The van der Waals surface area contributed by atoms with Crippen LogP contribution >= 0.6 is 0 Å². The van der Waals surface area contributed by atoms with Crippen LogP contribution in [0.5, 0.6) is 0 Å². The van der Waals surface area contributed by atoms with Crippen molar-refractivity contribution in [2.75, 3.05) is 18.0 Å². The molecule has 2 aliphatic heterocycles. The summed E-state index contributed by atoms with van der Waals surface area (Å²) in [4.78, 5) is 44.0. The number of hydrogen-bond acceptors (Lipinski definition) is 3. The number of fused-ring (bicyclic) bond motifs is 2. The molecule has 3 aliphatic rings. The Kier molecular flexibility index (Phi) is 3.85. The van der Waals surface area contributed by atoms with Gasteiger partial charge in [-0.3, -0.25) is 14.4 Å². The molecule has 5 nitrogen and oxygen atoms in total. The molecule has 1 saturated carbocycles. The molecule has 1 aromatic rings. The molecule has 1 saturated heterocycles. The molecule has 0 aromatic heterocycles. The van der Waals surface area contributed by atoms with Gasteiger partial charge in [-0.2, -0.15) is 0 Å². The van der Waals surface area contributed by atoms with Gasteiger partial charge >= 0.3 is 0 Å². The summed E-state index contributed by atoms with van der Waals surface area (Å²) in [6.45, 7) is 6.92. The molecule has 4 rings (SSSR count). The molecule has 0 N–H and O–H groups in total. The predicted octanol–water partition coefficient (Wildman–Crippen LogP) is 3.16. The molecule has 2 heterocycles. The van der Waals surface area contributed by atoms with Crippen molar-refractivity contribution in [3.8, 4) is 0 Å². The number of amides is 3. The van der Waals surface area contributed by atoms with Crippen LogP contribution in [0, 0.1) is 16.2 Å². The van der Waals surface area contributed by atoms with Crippen molar-refractivity contribution in [2.45, 2.75) is 40.0 Å². The zero-order valence-corrected chi connectivity index (χ0v) is 16.2. The Labute approximate surface area is 160 Å². The minimum absolute atomic E-state index is 0.126. The highest BCUT2D eigenvalue weighted by Crippen LogP contribution is 2.67. The van der Waals surface area contributed by atoms with Crippen molar-refractivity contribution < 1.29 is 14.4 Å². The van der Waals surface area contributed by atoms with Gasteiger partial charge in [0.25, 0.3) is 0 Å². The van der Waals surface area contributed by atoms with Crippen molar-refractivity contribution in [3.05, 3.63) is 42.5 Å². The van der Waals surface area contributed by atoms with Gasteiger partial charge in [0.05, 0.1) is 11.1 Å². The first-order valence-electron chi connectivity index (χ1n) is 9.66. The van der Waals surface area contributed by atoms with Gasteiger partial charge in [0.1, 0.15) is 5.41 Å². The molecule has 5 heteroatoms. The van der Waals surface area contributed by atoms with E-state index in [0.29, 0.717) is 31.6 Å². The van der Waals surface area contributed by atoms with E-state index in [1.54, 1.807) is 17.0 Å². The monoisotopic (exact) mass is 366 g/mol. The van der Waals surface area contributed by atoms with E-state index < -0.39 is 16.2 Å². The van der Waals surface area contributed by atoms with Crippen LogP contribution in [0.25, 0.3) is 0 Å². The number of carbonyl (C=O) groups excluding carboxylic acids is 3. The maximum absolute atomic E-state index is 13.8. The van der Waals surface area contributed by atoms with Crippen LogP contribution < -0.4 is 4.90 Å². The zero-order valence-electron chi connectivity index (χ0n) is 16.2. The molecule has 1 aliphatic carbocycles. The molecule has 1 aromatic carbocycles. The first-order valence-corrected chi connectivity index (χ1v) is 9.66. The second-order valence-corrected chi connectivity index (χ2v) is 8.65. The molecule has 3 amide bonds.